The molecule has 2 heteroatoms. The minimum atomic E-state index is 0.622. The monoisotopic (exact) mass is 220 g/mol. The van der Waals surface area contributed by atoms with Crippen molar-refractivity contribution < 1.29 is 0 Å². The van der Waals surface area contributed by atoms with Crippen molar-refractivity contribution in [3.8, 4) is 0 Å². The maximum Gasteiger partial charge on any atom is 0.0368 e. The summed E-state index contributed by atoms with van der Waals surface area (Å²) in [7, 11) is 0. The van der Waals surface area contributed by atoms with Crippen LogP contribution in [0, 0.1) is 0 Å². The Balaban J connectivity index is 2.85. The van der Waals surface area contributed by atoms with E-state index in [1.807, 2.05) is 0 Å². The van der Waals surface area contributed by atoms with E-state index in [4.69, 9.17) is 5.73 Å². The molecular formula is C14H24N2. The van der Waals surface area contributed by atoms with Crippen LogP contribution in [-0.4, -0.2) is 12.6 Å². The molecule has 0 spiro atoms. The molecule has 0 bridgehead atoms. The Bertz CT molecular complexity index is 288. The van der Waals surface area contributed by atoms with Crippen molar-refractivity contribution in [1.82, 2.24) is 0 Å². The number of anilines is 1. The summed E-state index contributed by atoms with van der Waals surface area (Å²) in [5.74, 6) is 0. The fraction of sp³-hybridized carbons (Fsp3) is 0.571. The molecule has 0 heterocycles. The first-order chi connectivity index (χ1) is 7.76. The molecule has 0 amide bonds. The van der Waals surface area contributed by atoms with E-state index in [1.165, 1.54) is 24.1 Å². The van der Waals surface area contributed by atoms with Crippen molar-refractivity contribution in [2.75, 3.05) is 11.4 Å². The summed E-state index contributed by atoms with van der Waals surface area (Å²) in [6, 6.07) is 9.27. The van der Waals surface area contributed by atoms with Crippen molar-refractivity contribution in [2.45, 2.75) is 46.2 Å². The molecule has 1 aromatic carbocycles. The Morgan fingerprint density at radius 2 is 1.62 bits per heavy atom. The molecule has 0 aliphatic heterocycles. The molecule has 0 unspecified atom stereocenters. The normalized spacial score (nSPS) is 10.8. The fourth-order valence-electron chi connectivity index (χ4n) is 2.20. The van der Waals surface area contributed by atoms with Crippen LogP contribution in [0.25, 0.3) is 0 Å². The lowest BCUT2D eigenvalue weighted by atomic mass is 10.1. The van der Waals surface area contributed by atoms with Gasteiger partial charge in [0.2, 0.25) is 0 Å². The van der Waals surface area contributed by atoms with Gasteiger partial charge in [-0.15, -0.1) is 0 Å². The number of nitrogens with zero attached hydrogens (tertiary/aromatic N) is 1. The zero-order chi connectivity index (χ0) is 12.0. The number of nitrogens with two attached hydrogens (primary N) is 1. The quantitative estimate of drug-likeness (QED) is 0.798. The largest absolute Gasteiger partial charge is 0.369 e. The third-order valence-corrected chi connectivity index (χ3v) is 3.23. The molecule has 2 N–H and O–H groups in total. The van der Waals surface area contributed by atoms with Crippen LogP contribution in [0.4, 0.5) is 5.69 Å². The van der Waals surface area contributed by atoms with Crippen molar-refractivity contribution in [3.05, 3.63) is 29.8 Å². The van der Waals surface area contributed by atoms with Crippen molar-refractivity contribution in [1.29, 1.82) is 0 Å². The first-order valence-corrected chi connectivity index (χ1v) is 6.32. The van der Waals surface area contributed by atoms with Gasteiger partial charge in [0.1, 0.15) is 0 Å². The van der Waals surface area contributed by atoms with Crippen LogP contribution in [0.1, 0.15) is 39.2 Å². The standard InChI is InChI=1S/C14H24N2/c1-4-13(5-2)16(6-3)14-9-7-12(11-15)8-10-14/h7-10,13H,4-6,11,15H2,1-3H3. The maximum atomic E-state index is 5.61. The predicted octanol–water partition coefficient (Wildman–Crippen LogP) is 3.16. The van der Waals surface area contributed by atoms with E-state index >= 15 is 0 Å². The van der Waals surface area contributed by atoms with E-state index in [0.717, 1.165) is 6.54 Å². The first kappa shape index (κ1) is 13.0. The van der Waals surface area contributed by atoms with Gasteiger partial charge in [0.25, 0.3) is 0 Å². The second-order valence-corrected chi connectivity index (χ2v) is 4.13. The third kappa shape index (κ3) is 2.99. The van der Waals surface area contributed by atoms with Crippen LogP contribution >= 0.6 is 0 Å². The highest BCUT2D eigenvalue weighted by Crippen LogP contribution is 2.20. The minimum Gasteiger partial charge on any atom is -0.369 e. The highest BCUT2D eigenvalue weighted by molar-refractivity contribution is 5.48. The van der Waals surface area contributed by atoms with Crippen LogP contribution in [0.3, 0.4) is 0 Å². The Morgan fingerprint density at radius 1 is 1.06 bits per heavy atom. The van der Waals surface area contributed by atoms with E-state index in [2.05, 4.69) is 49.9 Å². The second kappa shape index (κ2) is 6.54. The number of hydrogen-bond acceptors (Lipinski definition) is 2. The Hall–Kier alpha value is -1.02. The topological polar surface area (TPSA) is 29.3 Å². The molecule has 0 aliphatic carbocycles. The van der Waals surface area contributed by atoms with Gasteiger partial charge in [-0.2, -0.15) is 0 Å². The zero-order valence-electron chi connectivity index (χ0n) is 10.7. The number of benzene rings is 1. The Morgan fingerprint density at radius 3 is 2.00 bits per heavy atom. The molecule has 0 saturated heterocycles. The third-order valence-electron chi connectivity index (χ3n) is 3.23. The van der Waals surface area contributed by atoms with Crippen molar-refractivity contribution >= 4 is 5.69 Å². The minimum absolute atomic E-state index is 0.622. The van der Waals surface area contributed by atoms with Crippen LogP contribution in [0.2, 0.25) is 0 Å². The first-order valence-electron chi connectivity index (χ1n) is 6.32. The summed E-state index contributed by atoms with van der Waals surface area (Å²) in [5.41, 5.74) is 8.12. The van der Waals surface area contributed by atoms with E-state index in [1.54, 1.807) is 0 Å². The molecule has 90 valence electrons. The Kier molecular flexibility index (Phi) is 5.33. The molecule has 1 aromatic rings. The molecule has 0 radical (unpaired) electrons. The average molecular weight is 220 g/mol. The lowest BCUT2D eigenvalue weighted by molar-refractivity contribution is 0.566. The number of hydrogen-bond donors (Lipinski definition) is 1. The molecule has 2 nitrogen and oxygen atoms in total. The van der Waals surface area contributed by atoms with Crippen LogP contribution in [0.5, 0.6) is 0 Å². The lowest BCUT2D eigenvalue weighted by Gasteiger charge is -2.31. The second-order valence-electron chi connectivity index (χ2n) is 4.13. The van der Waals surface area contributed by atoms with E-state index in [0.29, 0.717) is 12.6 Å². The molecule has 1 rings (SSSR count). The molecule has 0 atom stereocenters. The van der Waals surface area contributed by atoms with Gasteiger partial charge in [0, 0.05) is 24.8 Å². The summed E-state index contributed by atoms with van der Waals surface area (Å²) in [5, 5.41) is 0. The van der Waals surface area contributed by atoms with Gasteiger partial charge in [-0.05, 0) is 37.5 Å². The summed E-state index contributed by atoms with van der Waals surface area (Å²) >= 11 is 0. The zero-order valence-corrected chi connectivity index (χ0v) is 10.7. The van der Waals surface area contributed by atoms with Crippen LogP contribution < -0.4 is 10.6 Å². The summed E-state index contributed by atoms with van der Waals surface area (Å²) < 4.78 is 0. The SMILES string of the molecule is CCC(CC)N(CC)c1ccc(CN)cc1. The highest BCUT2D eigenvalue weighted by Gasteiger charge is 2.13. The fourth-order valence-corrected chi connectivity index (χ4v) is 2.20. The van der Waals surface area contributed by atoms with Crippen LogP contribution in [-0.2, 0) is 6.54 Å². The molecule has 0 fully saturated rings. The maximum absolute atomic E-state index is 5.61. The van der Waals surface area contributed by atoms with Gasteiger partial charge >= 0.3 is 0 Å². The van der Waals surface area contributed by atoms with Gasteiger partial charge in [0.15, 0.2) is 0 Å². The smallest absolute Gasteiger partial charge is 0.0368 e. The number of rotatable bonds is 6. The van der Waals surface area contributed by atoms with Gasteiger partial charge in [-0.25, -0.2) is 0 Å². The van der Waals surface area contributed by atoms with Crippen molar-refractivity contribution in [3.63, 3.8) is 0 Å². The van der Waals surface area contributed by atoms with Crippen LogP contribution in [0.15, 0.2) is 24.3 Å². The Labute approximate surface area is 99.5 Å². The molecule has 16 heavy (non-hydrogen) atoms. The van der Waals surface area contributed by atoms with Gasteiger partial charge in [0.05, 0.1) is 0 Å². The summed E-state index contributed by atoms with van der Waals surface area (Å²) in [6.45, 7) is 8.41. The van der Waals surface area contributed by atoms with E-state index in [-0.39, 0.29) is 0 Å². The van der Waals surface area contributed by atoms with Gasteiger partial charge < -0.3 is 10.6 Å². The molecular weight excluding hydrogens is 196 g/mol. The predicted molar refractivity (Wildman–Crippen MR) is 71.7 cm³/mol. The molecule has 0 saturated carbocycles. The van der Waals surface area contributed by atoms with Crippen molar-refractivity contribution in [2.24, 2.45) is 5.73 Å². The van der Waals surface area contributed by atoms with E-state index in [9.17, 15) is 0 Å². The lowest BCUT2D eigenvalue weighted by Crippen LogP contribution is -2.34. The molecule has 0 aliphatic rings. The summed E-state index contributed by atoms with van der Waals surface area (Å²) in [6.07, 6.45) is 2.39. The van der Waals surface area contributed by atoms with E-state index < -0.39 is 0 Å². The highest BCUT2D eigenvalue weighted by atomic mass is 15.2. The summed E-state index contributed by atoms with van der Waals surface area (Å²) in [4.78, 5) is 2.47. The van der Waals surface area contributed by atoms with Gasteiger partial charge in [-0.3, -0.25) is 0 Å². The molecule has 0 aromatic heterocycles. The average Bonchev–Trinajstić information content (AvgIpc) is 2.36. The van der Waals surface area contributed by atoms with Gasteiger partial charge in [-0.1, -0.05) is 26.0 Å².